The largest absolute Gasteiger partial charge is 0.296 e. The molecule has 0 amide bonds. The summed E-state index contributed by atoms with van der Waals surface area (Å²) in [6.07, 6.45) is 0.756. The van der Waals surface area contributed by atoms with Crippen LogP contribution in [0.3, 0.4) is 0 Å². The molecular formula is C16H14ClN2O2S. The van der Waals surface area contributed by atoms with Gasteiger partial charge in [0.1, 0.15) is 16.5 Å². The molecule has 0 N–H and O–H groups in total. The van der Waals surface area contributed by atoms with E-state index in [2.05, 4.69) is 11.1 Å². The molecule has 0 aliphatic rings. The van der Waals surface area contributed by atoms with Crippen LogP contribution in [0.4, 0.5) is 0 Å². The Balaban J connectivity index is 2.26. The molecule has 0 aliphatic heterocycles. The first-order chi connectivity index (χ1) is 10.6. The molecule has 113 valence electrons. The summed E-state index contributed by atoms with van der Waals surface area (Å²) in [5, 5.41) is 0.440. The van der Waals surface area contributed by atoms with Gasteiger partial charge in [-0.15, -0.1) is 0 Å². The molecule has 0 saturated carbocycles. The molecule has 0 spiro atoms. The van der Waals surface area contributed by atoms with Gasteiger partial charge in [0.15, 0.2) is 0 Å². The number of aryl methyl sites for hydroxylation is 1. The number of fused-ring (bicyclic) bond motifs is 1. The lowest BCUT2D eigenvalue weighted by Gasteiger charge is -2.08. The maximum atomic E-state index is 11.0. The summed E-state index contributed by atoms with van der Waals surface area (Å²) in [5.74, 6) is 0.826. The monoisotopic (exact) mass is 333 g/mol. The fraction of sp³-hybridized carbons (Fsp3) is 0.188. The van der Waals surface area contributed by atoms with Gasteiger partial charge < -0.3 is 0 Å². The number of benzene rings is 2. The molecule has 0 bridgehead atoms. The summed E-state index contributed by atoms with van der Waals surface area (Å²) in [6.45, 7) is 2.03. The third-order valence-corrected chi connectivity index (χ3v) is 4.41. The SMILES string of the molecule is CCc1nc2cc(C[SH](=O)=O)c(Cl)cc2n1-c1c[c]ccc1. The van der Waals surface area contributed by atoms with E-state index in [1.54, 1.807) is 12.1 Å². The number of aromatic nitrogens is 2. The Bertz CT molecular complexity index is 893. The van der Waals surface area contributed by atoms with Crippen LogP contribution >= 0.6 is 11.6 Å². The van der Waals surface area contributed by atoms with Crippen LogP contribution in [0.5, 0.6) is 0 Å². The minimum absolute atomic E-state index is 0.0719. The van der Waals surface area contributed by atoms with Crippen LogP contribution in [-0.2, 0) is 22.9 Å². The number of imidazole rings is 1. The fourth-order valence-corrected chi connectivity index (χ4v) is 3.36. The van der Waals surface area contributed by atoms with Crippen molar-refractivity contribution in [2.75, 3.05) is 0 Å². The second-order valence-electron chi connectivity index (χ2n) is 4.90. The molecule has 0 saturated heterocycles. The zero-order valence-electron chi connectivity index (χ0n) is 11.9. The van der Waals surface area contributed by atoms with Crippen LogP contribution in [0.1, 0.15) is 18.3 Å². The highest BCUT2D eigenvalue weighted by Crippen LogP contribution is 2.28. The molecule has 1 heterocycles. The van der Waals surface area contributed by atoms with E-state index >= 15 is 0 Å². The molecule has 1 aromatic heterocycles. The number of thiol groups is 1. The number of rotatable bonds is 4. The second-order valence-corrected chi connectivity index (χ2v) is 6.29. The summed E-state index contributed by atoms with van der Waals surface area (Å²) in [5.41, 5.74) is 3.15. The summed E-state index contributed by atoms with van der Waals surface area (Å²) in [4.78, 5) is 4.61. The van der Waals surface area contributed by atoms with E-state index in [1.807, 2.05) is 35.8 Å². The minimum Gasteiger partial charge on any atom is -0.296 e. The number of halogens is 1. The van der Waals surface area contributed by atoms with Gasteiger partial charge in [-0.3, -0.25) is 4.57 Å². The van der Waals surface area contributed by atoms with Crippen molar-refractivity contribution in [1.29, 1.82) is 0 Å². The molecule has 0 atom stereocenters. The van der Waals surface area contributed by atoms with Crippen molar-refractivity contribution in [3.05, 3.63) is 58.9 Å². The Morgan fingerprint density at radius 3 is 2.82 bits per heavy atom. The molecule has 2 aromatic carbocycles. The molecule has 3 aromatic rings. The first-order valence-corrected chi connectivity index (χ1v) is 8.62. The van der Waals surface area contributed by atoms with Crippen LogP contribution in [0.25, 0.3) is 16.7 Å². The molecule has 6 heteroatoms. The van der Waals surface area contributed by atoms with Crippen LogP contribution < -0.4 is 0 Å². The highest BCUT2D eigenvalue weighted by molar-refractivity contribution is 7.71. The average molecular weight is 334 g/mol. The van der Waals surface area contributed by atoms with Crippen LogP contribution in [0, 0.1) is 6.07 Å². The summed E-state index contributed by atoms with van der Waals surface area (Å²) in [6, 6.07) is 14.2. The van der Waals surface area contributed by atoms with Gasteiger partial charge in [0.2, 0.25) is 0 Å². The van der Waals surface area contributed by atoms with Gasteiger partial charge >= 0.3 is 0 Å². The highest BCUT2D eigenvalue weighted by Gasteiger charge is 2.14. The van der Waals surface area contributed by atoms with E-state index in [4.69, 9.17) is 11.6 Å². The average Bonchev–Trinajstić information content (AvgIpc) is 2.85. The van der Waals surface area contributed by atoms with E-state index < -0.39 is 10.7 Å². The van der Waals surface area contributed by atoms with Crippen molar-refractivity contribution in [2.24, 2.45) is 0 Å². The molecule has 0 fully saturated rings. The predicted molar refractivity (Wildman–Crippen MR) is 88.3 cm³/mol. The molecule has 0 aliphatic carbocycles. The third kappa shape index (κ3) is 2.74. The zero-order valence-corrected chi connectivity index (χ0v) is 13.6. The van der Waals surface area contributed by atoms with Crippen LogP contribution in [0.2, 0.25) is 5.02 Å². The van der Waals surface area contributed by atoms with Gasteiger partial charge in [0.25, 0.3) is 0 Å². The normalized spacial score (nSPS) is 11.4. The van der Waals surface area contributed by atoms with E-state index in [1.165, 1.54) is 0 Å². The second kappa shape index (κ2) is 6.10. The lowest BCUT2D eigenvalue weighted by molar-refractivity contribution is 0.614. The van der Waals surface area contributed by atoms with Gasteiger partial charge in [-0.2, -0.15) is 0 Å². The van der Waals surface area contributed by atoms with E-state index in [-0.39, 0.29) is 5.75 Å². The van der Waals surface area contributed by atoms with Crippen LogP contribution in [0.15, 0.2) is 36.4 Å². The van der Waals surface area contributed by atoms with Gasteiger partial charge in [0.05, 0.1) is 16.8 Å². The lowest BCUT2D eigenvalue weighted by atomic mass is 10.2. The molecular weight excluding hydrogens is 320 g/mol. The van der Waals surface area contributed by atoms with E-state index in [0.29, 0.717) is 10.6 Å². The smallest absolute Gasteiger partial charge is 0.144 e. The molecule has 1 radical (unpaired) electrons. The van der Waals surface area contributed by atoms with Gasteiger partial charge in [0, 0.05) is 17.1 Å². The fourth-order valence-electron chi connectivity index (χ4n) is 2.50. The Hall–Kier alpha value is -1.85. The highest BCUT2D eigenvalue weighted by atomic mass is 35.5. The maximum Gasteiger partial charge on any atom is 0.144 e. The van der Waals surface area contributed by atoms with Crippen molar-refractivity contribution in [1.82, 2.24) is 9.55 Å². The van der Waals surface area contributed by atoms with E-state index in [9.17, 15) is 8.42 Å². The molecule has 22 heavy (non-hydrogen) atoms. The van der Waals surface area contributed by atoms with Crippen molar-refractivity contribution >= 4 is 33.3 Å². The summed E-state index contributed by atoms with van der Waals surface area (Å²) < 4.78 is 23.9. The van der Waals surface area contributed by atoms with Crippen molar-refractivity contribution < 1.29 is 8.42 Å². The standard InChI is InChI=1S/C16H14ClN2O2S/c1-2-16-18-14-8-11(10-22(20)21)13(17)9-15(14)19(16)12-6-4-3-5-7-12/h3-4,6-9,22H,2,10H2,1H3. The van der Waals surface area contributed by atoms with Crippen LogP contribution in [-0.4, -0.2) is 18.0 Å². The molecule has 4 nitrogen and oxygen atoms in total. The maximum absolute atomic E-state index is 11.0. The van der Waals surface area contributed by atoms with Gasteiger partial charge in [-0.05, 0) is 35.9 Å². The minimum atomic E-state index is -2.52. The van der Waals surface area contributed by atoms with Crippen molar-refractivity contribution in [3.8, 4) is 5.69 Å². The Labute approximate surface area is 135 Å². The molecule has 3 rings (SSSR count). The van der Waals surface area contributed by atoms with Gasteiger partial charge in [-0.25, -0.2) is 13.4 Å². The summed E-state index contributed by atoms with van der Waals surface area (Å²) >= 11 is 6.24. The number of hydrogen-bond acceptors (Lipinski definition) is 3. The Kier molecular flexibility index (Phi) is 4.18. The molecule has 0 unspecified atom stereocenters. The number of hydrogen-bond donors (Lipinski definition) is 1. The van der Waals surface area contributed by atoms with Gasteiger partial charge in [-0.1, -0.05) is 30.7 Å². The van der Waals surface area contributed by atoms with Crippen molar-refractivity contribution in [3.63, 3.8) is 0 Å². The Morgan fingerprint density at radius 1 is 1.36 bits per heavy atom. The predicted octanol–water partition coefficient (Wildman–Crippen LogP) is 3.15. The van der Waals surface area contributed by atoms with Crippen molar-refractivity contribution in [2.45, 2.75) is 19.1 Å². The number of nitrogens with zero attached hydrogens (tertiary/aromatic N) is 2. The Morgan fingerprint density at radius 2 is 2.18 bits per heavy atom. The quantitative estimate of drug-likeness (QED) is 0.746. The van der Waals surface area contributed by atoms with E-state index in [0.717, 1.165) is 29.0 Å². The third-order valence-electron chi connectivity index (χ3n) is 3.46. The lowest BCUT2D eigenvalue weighted by Crippen LogP contribution is -1.99. The first-order valence-electron chi connectivity index (χ1n) is 6.88. The summed E-state index contributed by atoms with van der Waals surface area (Å²) in [7, 11) is -2.52. The first kappa shape index (κ1) is 15.1. The topological polar surface area (TPSA) is 52.0 Å². The zero-order chi connectivity index (χ0) is 15.7.